The fraction of sp³-hybridized carbons (Fsp3) is 0.375. The van der Waals surface area contributed by atoms with Crippen molar-refractivity contribution in [3.63, 3.8) is 0 Å². The Labute approximate surface area is 119 Å². The normalized spacial score (nSPS) is 14.0. The molecule has 1 heterocycles. The molecule has 0 spiro atoms. The van der Waals surface area contributed by atoms with Crippen molar-refractivity contribution in [2.24, 2.45) is 0 Å². The van der Waals surface area contributed by atoms with Crippen LogP contribution in [0.3, 0.4) is 0 Å². The first-order chi connectivity index (χ1) is 9.51. The van der Waals surface area contributed by atoms with Crippen molar-refractivity contribution < 1.29 is 14.3 Å². The van der Waals surface area contributed by atoms with Crippen molar-refractivity contribution >= 4 is 0 Å². The van der Waals surface area contributed by atoms with Crippen molar-refractivity contribution in [1.82, 2.24) is 5.32 Å². The highest BCUT2D eigenvalue weighted by atomic mass is 16.5. The van der Waals surface area contributed by atoms with Crippen molar-refractivity contribution in [3.8, 4) is 11.5 Å². The van der Waals surface area contributed by atoms with Gasteiger partial charge in [0.25, 0.3) is 0 Å². The third-order valence-corrected chi connectivity index (χ3v) is 3.39. The van der Waals surface area contributed by atoms with Crippen LogP contribution in [0.4, 0.5) is 0 Å². The Morgan fingerprint density at radius 2 is 1.90 bits per heavy atom. The number of furan rings is 1. The summed E-state index contributed by atoms with van der Waals surface area (Å²) in [5.74, 6) is 2.77. The van der Waals surface area contributed by atoms with Gasteiger partial charge < -0.3 is 19.6 Å². The molecule has 4 nitrogen and oxygen atoms in total. The van der Waals surface area contributed by atoms with Gasteiger partial charge in [0.1, 0.15) is 23.0 Å². The molecule has 20 heavy (non-hydrogen) atoms. The molecular weight excluding hydrogens is 254 g/mol. The Morgan fingerprint density at radius 1 is 1.15 bits per heavy atom. The summed E-state index contributed by atoms with van der Waals surface area (Å²) < 4.78 is 10.8. The SMILES string of the molecule is COc1ccc(O)c(C(C)NC(C)c2ccc(C)o2)c1. The molecule has 1 aromatic carbocycles. The predicted octanol–water partition coefficient (Wildman–Crippen LogP) is 3.71. The van der Waals surface area contributed by atoms with Crippen LogP contribution < -0.4 is 10.1 Å². The molecule has 0 radical (unpaired) electrons. The molecule has 108 valence electrons. The molecule has 0 amide bonds. The number of ether oxygens (including phenoxy) is 1. The minimum Gasteiger partial charge on any atom is -0.508 e. The molecule has 2 atom stereocenters. The van der Waals surface area contributed by atoms with Crippen molar-refractivity contribution in [1.29, 1.82) is 0 Å². The number of phenols is 1. The number of aromatic hydroxyl groups is 1. The number of aryl methyl sites for hydroxylation is 1. The molecule has 1 aromatic heterocycles. The maximum atomic E-state index is 9.97. The van der Waals surface area contributed by atoms with Gasteiger partial charge in [0.2, 0.25) is 0 Å². The Balaban J connectivity index is 2.13. The first kappa shape index (κ1) is 14.5. The fourth-order valence-corrected chi connectivity index (χ4v) is 2.24. The lowest BCUT2D eigenvalue weighted by molar-refractivity contribution is 0.380. The number of phenolic OH excluding ortho intramolecular Hbond substituents is 1. The van der Waals surface area contributed by atoms with Crippen molar-refractivity contribution in [2.75, 3.05) is 7.11 Å². The monoisotopic (exact) mass is 275 g/mol. The van der Waals surface area contributed by atoms with Gasteiger partial charge in [0.15, 0.2) is 0 Å². The predicted molar refractivity (Wildman–Crippen MR) is 78.1 cm³/mol. The zero-order chi connectivity index (χ0) is 14.7. The van der Waals surface area contributed by atoms with Crippen molar-refractivity contribution in [2.45, 2.75) is 32.9 Å². The van der Waals surface area contributed by atoms with Gasteiger partial charge in [-0.3, -0.25) is 0 Å². The zero-order valence-corrected chi connectivity index (χ0v) is 12.3. The molecule has 2 aromatic rings. The topological polar surface area (TPSA) is 54.6 Å². The Hall–Kier alpha value is -1.94. The summed E-state index contributed by atoms with van der Waals surface area (Å²) in [6, 6.07) is 9.17. The van der Waals surface area contributed by atoms with Crippen LogP contribution in [0.5, 0.6) is 11.5 Å². The number of hydrogen-bond acceptors (Lipinski definition) is 4. The second-order valence-corrected chi connectivity index (χ2v) is 4.98. The third-order valence-electron chi connectivity index (χ3n) is 3.39. The molecule has 0 aliphatic carbocycles. The maximum absolute atomic E-state index is 9.97. The zero-order valence-electron chi connectivity index (χ0n) is 12.3. The van der Waals surface area contributed by atoms with Gasteiger partial charge in [-0.1, -0.05) is 0 Å². The number of benzene rings is 1. The summed E-state index contributed by atoms with van der Waals surface area (Å²) in [7, 11) is 1.61. The largest absolute Gasteiger partial charge is 0.508 e. The summed E-state index contributed by atoms with van der Waals surface area (Å²) in [4.78, 5) is 0. The smallest absolute Gasteiger partial charge is 0.120 e. The Morgan fingerprint density at radius 3 is 2.50 bits per heavy atom. The highest BCUT2D eigenvalue weighted by Crippen LogP contribution is 2.30. The molecule has 2 unspecified atom stereocenters. The number of hydrogen-bond donors (Lipinski definition) is 2. The van der Waals surface area contributed by atoms with Gasteiger partial charge in [-0.25, -0.2) is 0 Å². The lowest BCUT2D eigenvalue weighted by Crippen LogP contribution is -2.22. The average Bonchev–Trinajstić information content (AvgIpc) is 2.86. The van der Waals surface area contributed by atoms with E-state index >= 15 is 0 Å². The number of rotatable bonds is 5. The third kappa shape index (κ3) is 3.14. The van der Waals surface area contributed by atoms with E-state index < -0.39 is 0 Å². The maximum Gasteiger partial charge on any atom is 0.120 e. The summed E-state index contributed by atoms with van der Waals surface area (Å²) in [5.41, 5.74) is 0.805. The molecule has 0 fully saturated rings. The van der Waals surface area contributed by atoms with E-state index in [1.807, 2.05) is 39.0 Å². The second kappa shape index (κ2) is 6.01. The average molecular weight is 275 g/mol. The van der Waals surface area contributed by atoms with Gasteiger partial charge in [0.05, 0.1) is 13.2 Å². The van der Waals surface area contributed by atoms with Crippen LogP contribution >= 0.6 is 0 Å². The lowest BCUT2D eigenvalue weighted by Gasteiger charge is -2.20. The summed E-state index contributed by atoms with van der Waals surface area (Å²) in [6.45, 7) is 5.96. The summed E-state index contributed by atoms with van der Waals surface area (Å²) in [6.07, 6.45) is 0. The summed E-state index contributed by atoms with van der Waals surface area (Å²) in [5, 5.41) is 13.4. The number of nitrogens with one attached hydrogen (secondary N) is 1. The standard InChI is InChI=1S/C16H21NO3/c1-10-5-8-16(20-10)12(3)17-11(2)14-9-13(19-4)6-7-15(14)18/h5-9,11-12,17-18H,1-4H3. The van der Waals surface area contributed by atoms with Crippen LogP contribution in [0, 0.1) is 6.92 Å². The molecule has 0 aliphatic rings. The Kier molecular flexibility index (Phi) is 4.35. The van der Waals surface area contributed by atoms with Gasteiger partial charge in [-0.05, 0) is 51.1 Å². The van der Waals surface area contributed by atoms with E-state index in [0.29, 0.717) is 0 Å². The molecule has 0 bridgehead atoms. The Bertz CT molecular complexity index is 577. The lowest BCUT2D eigenvalue weighted by atomic mass is 10.1. The van der Waals surface area contributed by atoms with Gasteiger partial charge in [-0.15, -0.1) is 0 Å². The highest BCUT2D eigenvalue weighted by molar-refractivity contribution is 5.41. The van der Waals surface area contributed by atoms with E-state index in [2.05, 4.69) is 5.32 Å². The van der Waals surface area contributed by atoms with Crippen LogP contribution in [0.1, 0.15) is 43.0 Å². The molecule has 2 N–H and O–H groups in total. The molecule has 2 rings (SSSR count). The van der Waals surface area contributed by atoms with Crippen molar-refractivity contribution in [3.05, 3.63) is 47.4 Å². The van der Waals surface area contributed by atoms with Crippen LogP contribution in [0.25, 0.3) is 0 Å². The highest BCUT2D eigenvalue weighted by Gasteiger charge is 2.16. The van der Waals surface area contributed by atoms with E-state index in [0.717, 1.165) is 22.8 Å². The quantitative estimate of drug-likeness (QED) is 0.873. The van der Waals surface area contributed by atoms with E-state index in [-0.39, 0.29) is 17.8 Å². The van der Waals surface area contributed by atoms with E-state index in [9.17, 15) is 5.11 Å². The van der Waals surface area contributed by atoms with E-state index in [1.165, 1.54) is 0 Å². The van der Waals surface area contributed by atoms with Crippen LogP contribution in [-0.4, -0.2) is 12.2 Å². The number of methoxy groups -OCH3 is 1. The van der Waals surface area contributed by atoms with E-state index in [1.54, 1.807) is 19.2 Å². The molecule has 0 saturated heterocycles. The fourth-order valence-electron chi connectivity index (χ4n) is 2.24. The van der Waals surface area contributed by atoms with Crippen LogP contribution in [0.2, 0.25) is 0 Å². The van der Waals surface area contributed by atoms with Gasteiger partial charge in [0, 0.05) is 11.6 Å². The molecule has 4 heteroatoms. The molecular formula is C16H21NO3. The minimum absolute atomic E-state index is 0.0227. The van der Waals surface area contributed by atoms with E-state index in [4.69, 9.17) is 9.15 Å². The first-order valence-electron chi connectivity index (χ1n) is 6.70. The molecule has 0 aliphatic heterocycles. The summed E-state index contributed by atoms with van der Waals surface area (Å²) >= 11 is 0. The minimum atomic E-state index is -0.0227. The van der Waals surface area contributed by atoms with Crippen LogP contribution in [0.15, 0.2) is 34.7 Å². The van der Waals surface area contributed by atoms with Gasteiger partial charge in [-0.2, -0.15) is 0 Å². The molecule has 0 saturated carbocycles. The van der Waals surface area contributed by atoms with Gasteiger partial charge >= 0.3 is 0 Å². The first-order valence-corrected chi connectivity index (χ1v) is 6.70. The second-order valence-electron chi connectivity index (χ2n) is 4.98. The van der Waals surface area contributed by atoms with Crippen LogP contribution in [-0.2, 0) is 0 Å².